The molecular weight excluding hydrogens is 460 g/mol. The molecule has 0 atom stereocenters. The van der Waals surface area contributed by atoms with Crippen molar-refractivity contribution in [1.82, 2.24) is 29.1 Å². The molecule has 34 heavy (non-hydrogen) atoms. The number of carbonyl (C=O) groups excluding carboxylic acids is 1. The number of benzene rings is 1. The number of nitrogens with zero attached hydrogens (tertiary/aromatic N) is 6. The van der Waals surface area contributed by atoms with Gasteiger partial charge in [-0.3, -0.25) is 9.36 Å². The van der Waals surface area contributed by atoms with Crippen LogP contribution < -0.4 is 5.32 Å². The molecule has 174 valence electrons. The summed E-state index contributed by atoms with van der Waals surface area (Å²) in [6.45, 7) is 2.90. The van der Waals surface area contributed by atoms with Gasteiger partial charge in [0.2, 0.25) is 5.91 Å². The van der Waals surface area contributed by atoms with Crippen LogP contribution in [-0.2, 0) is 11.2 Å². The second kappa shape index (κ2) is 8.56. The van der Waals surface area contributed by atoms with Gasteiger partial charge in [0.15, 0.2) is 16.6 Å². The molecule has 0 aliphatic rings. The summed E-state index contributed by atoms with van der Waals surface area (Å²) in [5, 5.41) is 8.77. The number of aryl methyl sites for hydroxylation is 3. The van der Waals surface area contributed by atoms with Gasteiger partial charge in [-0.15, -0.1) is 0 Å². The minimum absolute atomic E-state index is 0.128. The van der Waals surface area contributed by atoms with Gasteiger partial charge in [-0.25, -0.2) is 19.5 Å². The molecule has 1 N–H and O–H groups in total. The highest BCUT2D eigenvalue weighted by atomic mass is 32.1. The molecule has 5 rings (SSSR count). The van der Waals surface area contributed by atoms with Crippen LogP contribution in [0.1, 0.15) is 35.6 Å². The van der Waals surface area contributed by atoms with E-state index in [9.17, 15) is 13.6 Å². The first-order valence-electron chi connectivity index (χ1n) is 10.7. The molecule has 0 radical (unpaired) electrons. The number of rotatable bonds is 6. The van der Waals surface area contributed by atoms with E-state index < -0.39 is 6.55 Å². The van der Waals surface area contributed by atoms with Crippen LogP contribution in [0, 0.1) is 20.8 Å². The van der Waals surface area contributed by atoms with Crippen molar-refractivity contribution in [2.24, 2.45) is 0 Å². The van der Waals surface area contributed by atoms with Crippen molar-refractivity contribution in [2.45, 2.75) is 40.2 Å². The lowest BCUT2D eigenvalue weighted by molar-refractivity contribution is -0.116. The maximum atomic E-state index is 13.2. The Hall–Kier alpha value is -3.73. The second-order valence-corrected chi connectivity index (χ2v) is 8.93. The average molecular weight is 482 g/mol. The highest BCUT2D eigenvalue weighted by Gasteiger charge is 2.20. The number of hydrogen-bond acceptors (Lipinski definition) is 6. The molecule has 11 heteroatoms. The molecule has 1 aromatic carbocycles. The molecule has 0 fully saturated rings. The van der Waals surface area contributed by atoms with E-state index in [1.54, 1.807) is 6.92 Å². The summed E-state index contributed by atoms with van der Waals surface area (Å²) in [5.41, 5.74) is 4.96. The van der Waals surface area contributed by atoms with Gasteiger partial charge in [-0.2, -0.15) is 13.9 Å². The first-order chi connectivity index (χ1) is 16.3. The number of carbonyl (C=O) groups is 1. The normalized spacial score (nSPS) is 11.7. The predicted molar refractivity (Wildman–Crippen MR) is 126 cm³/mol. The summed E-state index contributed by atoms with van der Waals surface area (Å²) in [6, 6.07) is 7.84. The highest BCUT2D eigenvalue weighted by Crippen LogP contribution is 2.33. The fourth-order valence-electron chi connectivity index (χ4n) is 4.06. The maximum Gasteiger partial charge on any atom is 0.320 e. The molecule has 0 aliphatic heterocycles. The zero-order valence-electron chi connectivity index (χ0n) is 18.7. The maximum absolute atomic E-state index is 13.2. The van der Waals surface area contributed by atoms with Crippen molar-refractivity contribution in [2.75, 3.05) is 5.32 Å². The molecule has 0 aliphatic carbocycles. The molecule has 0 spiro atoms. The third kappa shape index (κ3) is 3.81. The quantitative estimate of drug-likeness (QED) is 0.365. The number of alkyl halides is 2. The number of halogens is 2. The van der Waals surface area contributed by atoms with Crippen molar-refractivity contribution in [3.8, 4) is 10.7 Å². The molecule has 1 amide bonds. The van der Waals surface area contributed by atoms with Crippen LogP contribution in [0.25, 0.3) is 27.3 Å². The summed E-state index contributed by atoms with van der Waals surface area (Å²) in [4.78, 5) is 26.2. The van der Waals surface area contributed by atoms with Crippen molar-refractivity contribution in [3.63, 3.8) is 0 Å². The zero-order chi connectivity index (χ0) is 24.0. The molecule has 5 aromatic rings. The van der Waals surface area contributed by atoms with E-state index in [0.717, 1.165) is 49.4 Å². The van der Waals surface area contributed by atoms with Crippen LogP contribution in [0.5, 0.6) is 0 Å². The van der Waals surface area contributed by atoms with Crippen LogP contribution in [0.4, 0.5) is 13.9 Å². The number of thiazole rings is 1. The minimum atomic E-state index is -2.71. The van der Waals surface area contributed by atoms with Crippen LogP contribution in [0.2, 0.25) is 0 Å². The number of imidazole rings is 1. The van der Waals surface area contributed by atoms with Crippen molar-refractivity contribution >= 4 is 38.9 Å². The first kappa shape index (κ1) is 22.1. The second-order valence-electron chi connectivity index (χ2n) is 7.93. The van der Waals surface area contributed by atoms with E-state index in [4.69, 9.17) is 4.98 Å². The van der Waals surface area contributed by atoms with Crippen LogP contribution >= 0.6 is 11.3 Å². The number of hydrogen-bond donors (Lipinski definition) is 1. The lowest BCUT2D eigenvalue weighted by atomic mass is 10.1. The van der Waals surface area contributed by atoms with Gasteiger partial charge in [-0.05, 0) is 44.9 Å². The Labute approximate surface area is 197 Å². The third-order valence-electron chi connectivity index (χ3n) is 5.75. The lowest BCUT2D eigenvalue weighted by Crippen LogP contribution is -2.14. The molecule has 0 unspecified atom stereocenters. The lowest BCUT2D eigenvalue weighted by Gasteiger charge is -2.11. The minimum Gasteiger partial charge on any atom is -0.302 e. The Balaban J connectivity index is 1.33. The first-order valence-corrected chi connectivity index (χ1v) is 11.5. The number of anilines is 1. The van der Waals surface area contributed by atoms with Gasteiger partial charge in [0, 0.05) is 35.6 Å². The molecule has 0 bridgehead atoms. The molecular formula is C23H21F2N7OS. The van der Waals surface area contributed by atoms with Crippen LogP contribution in [-0.4, -0.2) is 35.0 Å². The largest absolute Gasteiger partial charge is 0.320 e. The number of fused-ring (bicyclic) bond motifs is 3. The van der Waals surface area contributed by atoms with E-state index in [-0.39, 0.29) is 18.2 Å². The van der Waals surface area contributed by atoms with E-state index in [1.165, 1.54) is 12.4 Å². The Morgan fingerprint density at radius 1 is 1.15 bits per heavy atom. The van der Waals surface area contributed by atoms with E-state index in [1.807, 2.05) is 42.6 Å². The average Bonchev–Trinajstić information content (AvgIpc) is 3.50. The van der Waals surface area contributed by atoms with E-state index >= 15 is 0 Å². The van der Waals surface area contributed by atoms with Crippen LogP contribution in [0.15, 0.2) is 36.7 Å². The number of aromatic nitrogens is 6. The zero-order valence-corrected chi connectivity index (χ0v) is 19.5. The van der Waals surface area contributed by atoms with Crippen molar-refractivity contribution in [1.29, 1.82) is 0 Å². The van der Waals surface area contributed by atoms with Crippen molar-refractivity contribution < 1.29 is 13.6 Å². The van der Waals surface area contributed by atoms with Gasteiger partial charge < -0.3 is 5.32 Å². The highest BCUT2D eigenvalue weighted by molar-refractivity contribution is 7.19. The molecule has 0 saturated heterocycles. The monoisotopic (exact) mass is 481 g/mol. The van der Waals surface area contributed by atoms with Crippen molar-refractivity contribution in [3.05, 3.63) is 59.3 Å². The topological polar surface area (TPSA) is 90.0 Å². The SMILES string of the molecule is Cc1nc(NC(=O)CCc2c(C)nc3c4ccccc4nn3c2C)sc1-c1nccn1C(F)F. The standard InChI is InChI=1S/C23H21F2N7OS/c1-12-15(14(3)32-20(27-12)16-6-4-5-7-17(16)30-32)8-9-18(33)29-23-28-13(2)19(34-23)21-26-10-11-31(21)22(24)25/h4-7,10-11,22H,8-9H2,1-3H3,(H,28,29,33). The van der Waals surface area contributed by atoms with Gasteiger partial charge in [0.25, 0.3) is 0 Å². The fourth-order valence-corrected chi connectivity index (χ4v) is 5.05. The summed E-state index contributed by atoms with van der Waals surface area (Å²) in [7, 11) is 0. The molecule has 4 aromatic heterocycles. The van der Waals surface area contributed by atoms with Crippen LogP contribution in [0.3, 0.4) is 0 Å². The molecule has 0 saturated carbocycles. The van der Waals surface area contributed by atoms with Gasteiger partial charge in [0.1, 0.15) is 0 Å². The Morgan fingerprint density at radius 2 is 1.94 bits per heavy atom. The predicted octanol–water partition coefficient (Wildman–Crippen LogP) is 5.09. The molecule has 8 nitrogen and oxygen atoms in total. The van der Waals surface area contributed by atoms with E-state index in [2.05, 4.69) is 20.4 Å². The van der Waals surface area contributed by atoms with E-state index in [0.29, 0.717) is 22.1 Å². The number of nitrogens with one attached hydrogen (secondary N) is 1. The Morgan fingerprint density at radius 3 is 2.74 bits per heavy atom. The third-order valence-corrected chi connectivity index (χ3v) is 6.81. The Bertz CT molecular complexity index is 1540. The fraction of sp³-hybridized carbons (Fsp3) is 0.261. The summed E-state index contributed by atoms with van der Waals surface area (Å²) in [6.07, 6.45) is 3.23. The van der Waals surface area contributed by atoms with Gasteiger partial charge in [-0.1, -0.05) is 23.5 Å². The van der Waals surface area contributed by atoms with Gasteiger partial charge >= 0.3 is 6.55 Å². The Kier molecular flexibility index (Phi) is 5.56. The molecule has 4 heterocycles. The summed E-state index contributed by atoms with van der Waals surface area (Å²) < 4.78 is 29.0. The number of amides is 1. The van der Waals surface area contributed by atoms with Gasteiger partial charge in [0.05, 0.1) is 16.1 Å². The smallest absolute Gasteiger partial charge is 0.302 e. The summed E-state index contributed by atoms with van der Waals surface area (Å²) in [5.74, 6) is -0.0928. The summed E-state index contributed by atoms with van der Waals surface area (Å²) >= 11 is 1.12.